The lowest BCUT2D eigenvalue weighted by atomic mass is 10.1. The summed E-state index contributed by atoms with van der Waals surface area (Å²) < 4.78 is 15.0. The average Bonchev–Trinajstić information content (AvgIpc) is 2.85. The van der Waals surface area contributed by atoms with Crippen LogP contribution in [0.15, 0.2) is 36.7 Å². The van der Waals surface area contributed by atoms with Gasteiger partial charge < -0.3 is 9.88 Å². The molecule has 3 nitrogen and oxygen atoms in total. The predicted octanol–water partition coefficient (Wildman–Crippen LogP) is 3.28. The third-order valence-corrected chi connectivity index (χ3v) is 3.20. The Hall–Kier alpha value is -1.68. The van der Waals surface area contributed by atoms with Crippen LogP contribution in [0, 0.1) is 5.82 Å². The van der Waals surface area contributed by atoms with E-state index in [9.17, 15) is 4.39 Å². The lowest BCUT2D eigenvalue weighted by Gasteiger charge is -2.14. The predicted molar refractivity (Wildman–Crippen MR) is 74.2 cm³/mol. The van der Waals surface area contributed by atoms with Crippen LogP contribution in [-0.2, 0) is 13.1 Å². The molecule has 1 heterocycles. The zero-order valence-electron chi connectivity index (χ0n) is 11.4. The standard InChI is InChI=1S/C15H20FN3/c1-3-9-19-10-8-17-15(19)11-18-12(2)13-4-6-14(16)7-5-13/h4-8,10,12,18H,3,9,11H2,1-2H3. The van der Waals surface area contributed by atoms with Crippen molar-refractivity contribution < 1.29 is 4.39 Å². The second-order valence-electron chi connectivity index (χ2n) is 4.69. The summed E-state index contributed by atoms with van der Waals surface area (Å²) in [5, 5.41) is 3.41. The van der Waals surface area contributed by atoms with E-state index in [0.29, 0.717) is 6.54 Å². The maximum Gasteiger partial charge on any atom is 0.123 e. The number of benzene rings is 1. The Morgan fingerprint density at radius 2 is 2.05 bits per heavy atom. The van der Waals surface area contributed by atoms with Gasteiger partial charge in [0, 0.05) is 25.0 Å². The fraction of sp³-hybridized carbons (Fsp3) is 0.400. The third kappa shape index (κ3) is 3.64. The summed E-state index contributed by atoms with van der Waals surface area (Å²) in [4.78, 5) is 4.36. The van der Waals surface area contributed by atoms with Gasteiger partial charge in [0.05, 0.1) is 6.54 Å². The van der Waals surface area contributed by atoms with Gasteiger partial charge in [-0.3, -0.25) is 0 Å². The highest BCUT2D eigenvalue weighted by atomic mass is 19.1. The van der Waals surface area contributed by atoms with E-state index < -0.39 is 0 Å². The van der Waals surface area contributed by atoms with Crippen molar-refractivity contribution in [3.63, 3.8) is 0 Å². The summed E-state index contributed by atoms with van der Waals surface area (Å²) >= 11 is 0. The molecule has 0 aliphatic heterocycles. The molecule has 0 amide bonds. The van der Waals surface area contributed by atoms with Gasteiger partial charge in [-0.05, 0) is 31.0 Å². The van der Waals surface area contributed by atoms with E-state index in [0.717, 1.165) is 24.4 Å². The molecule has 0 spiro atoms. The van der Waals surface area contributed by atoms with Crippen LogP contribution in [0.4, 0.5) is 4.39 Å². The SMILES string of the molecule is CCCn1ccnc1CNC(C)c1ccc(F)cc1. The lowest BCUT2D eigenvalue weighted by molar-refractivity contribution is 0.531. The second-order valence-corrected chi connectivity index (χ2v) is 4.69. The van der Waals surface area contributed by atoms with E-state index in [-0.39, 0.29) is 11.9 Å². The molecule has 1 aromatic heterocycles. The van der Waals surface area contributed by atoms with E-state index in [1.54, 1.807) is 0 Å². The van der Waals surface area contributed by atoms with Crippen molar-refractivity contribution in [3.05, 3.63) is 53.9 Å². The van der Waals surface area contributed by atoms with Gasteiger partial charge in [0.25, 0.3) is 0 Å². The quantitative estimate of drug-likeness (QED) is 0.864. The fourth-order valence-corrected chi connectivity index (χ4v) is 2.07. The molecule has 0 bridgehead atoms. The highest BCUT2D eigenvalue weighted by Crippen LogP contribution is 2.13. The first-order valence-electron chi connectivity index (χ1n) is 6.69. The molecule has 0 saturated heterocycles. The van der Waals surface area contributed by atoms with Gasteiger partial charge in [-0.2, -0.15) is 0 Å². The molecule has 1 atom stereocenters. The maximum atomic E-state index is 12.9. The van der Waals surface area contributed by atoms with Crippen LogP contribution in [0.2, 0.25) is 0 Å². The van der Waals surface area contributed by atoms with E-state index in [1.165, 1.54) is 12.1 Å². The Kier molecular flexibility index (Phi) is 4.68. The Morgan fingerprint density at radius 3 is 2.74 bits per heavy atom. The molecule has 0 saturated carbocycles. The number of hydrogen-bond acceptors (Lipinski definition) is 2. The number of hydrogen-bond donors (Lipinski definition) is 1. The number of imidazole rings is 1. The molecule has 102 valence electrons. The minimum Gasteiger partial charge on any atom is -0.334 e. The van der Waals surface area contributed by atoms with Crippen molar-refractivity contribution in [2.45, 2.75) is 39.4 Å². The minimum atomic E-state index is -0.200. The number of nitrogens with one attached hydrogen (secondary N) is 1. The Morgan fingerprint density at radius 1 is 1.32 bits per heavy atom. The molecule has 1 unspecified atom stereocenters. The van der Waals surface area contributed by atoms with E-state index in [1.807, 2.05) is 24.5 Å². The highest BCUT2D eigenvalue weighted by Gasteiger charge is 2.07. The molecule has 4 heteroatoms. The normalized spacial score (nSPS) is 12.6. The number of halogens is 1. The zero-order chi connectivity index (χ0) is 13.7. The first-order valence-corrected chi connectivity index (χ1v) is 6.69. The van der Waals surface area contributed by atoms with Gasteiger partial charge in [-0.25, -0.2) is 9.37 Å². The molecule has 0 aliphatic rings. The van der Waals surface area contributed by atoms with E-state index in [4.69, 9.17) is 0 Å². The maximum absolute atomic E-state index is 12.9. The van der Waals surface area contributed by atoms with E-state index >= 15 is 0 Å². The van der Waals surface area contributed by atoms with E-state index in [2.05, 4.69) is 28.7 Å². The molecule has 0 fully saturated rings. The molecule has 1 N–H and O–H groups in total. The van der Waals surface area contributed by atoms with Crippen LogP contribution in [0.5, 0.6) is 0 Å². The molecular weight excluding hydrogens is 241 g/mol. The van der Waals surface area contributed by atoms with Gasteiger partial charge in [-0.1, -0.05) is 19.1 Å². The highest BCUT2D eigenvalue weighted by molar-refractivity contribution is 5.19. The Labute approximate surface area is 113 Å². The van der Waals surface area contributed by atoms with Crippen molar-refractivity contribution in [3.8, 4) is 0 Å². The van der Waals surface area contributed by atoms with Crippen LogP contribution in [0.1, 0.15) is 37.7 Å². The molecule has 0 aliphatic carbocycles. The van der Waals surface area contributed by atoms with Gasteiger partial charge >= 0.3 is 0 Å². The van der Waals surface area contributed by atoms with Crippen molar-refractivity contribution in [1.82, 2.24) is 14.9 Å². The van der Waals surface area contributed by atoms with Crippen LogP contribution >= 0.6 is 0 Å². The molecule has 19 heavy (non-hydrogen) atoms. The fourth-order valence-electron chi connectivity index (χ4n) is 2.07. The van der Waals surface area contributed by atoms with Gasteiger partial charge in [-0.15, -0.1) is 0 Å². The molecule has 2 aromatic rings. The van der Waals surface area contributed by atoms with Crippen molar-refractivity contribution in [1.29, 1.82) is 0 Å². The summed E-state index contributed by atoms with van der Waals surface area (Å²) in [6, 6.07) is 6.78. The smallest absolute Gasteiger partial charge is 0.123 e. The Balaban J connectivity index is 1.94. The topological polar surface area (TPSA) is 29.9 Å². The Bertz CT molecular complexity index is 504. The number of rotatable bonds is 6. The summed E-state index contributed by atoms with van der Waals surface area (Å²) in [5.74, 6) is 0.838. The van der Waals surface area contributed by atoms with Crippen LogP contribution < -0.4 is 5.32 Å². The monoisotopic (exact) mass is 261 g/mol. The minimum absolute atomic E-state index is 0.173. The zero-order valence-corrected chi connectivity index (χ0v) is 11.4. The first kappa shape index (κ1) is 13.7. The van der Waals surface area contributed by atoms with Crippen LogP contribution in [0.25, 0.3) is 0 Å². The average molecular weight is 261 g/mol. The molecule has 2 rings (SSSR count). The van der Waals surface area contributed by atoms with Crippen molar-refractivity contribution >= 4 is 0 Å². The van der Waals surface area contributed by atoms with Crippen LogP contribution in [-0.4, -0.2) is 9.55 Å². The second kappa shape index (κ2) is 6.48. The molecule has 0 radical (unpaired) electrons. The molecule has 1 aromatic carbocycles. The number of nitrogens with zero attached hydrogens (tertiary/aromatic N) is 2. The molecular formula is C15H20FN3. The largest absolute Gasteiger partial charge is 0.334 e. The van der Waals surface area contributed by atoms with Gasteiger partial charge in [0.15, 0.2) is 0 Å². The lowest BCUT2D eigenvalue weighted by Crippen LogP contribution is -2.20. The first-order chi connectivity index (χ1) is 9.20. The van der Waals surface area contributed by atoms with Gasteiger partial charge in [0.1, 0.15) is 11.6 Å². The van der Waals surface area contributed by atoms with Crippen LogP contribution in [0.3, 0.4) is 0 Å². The van der Waals surface area contributed by atoms with Gasteiger partial charge in [0.2, 0.25) is 0 Å². The summed E-state index contributed by atoms with van der Waals surface area (Å²) in [5.41, 5.74) is 1.08. The summed E-state index contributed by atoms with van der Waals surface area (Å²) in [7, 11) is 0. The number of aromatic nitrogens is 2. The van der Waals surface area contributed by atoms with Crippen molar-refractivity contribution in [2.75, 3.05) is 0 Å². The summed E-state index contributed by atoms with van der Waals surface area (Å²) in [6.07, 6.45) is 4.93. The third-order valence-electron chi connectivity index (χ3n) is 3.20. The number of aryl methyl sites for hydroxylation is 1. The van der Waals surface area contributed by atoms with Crippen molar-refractivity contribution in [2.24, 2.45) is 0 Å². The summed E-state index contributed by atoms with van der Waals surface area (Å²) in [6.45, 7) is 5.92.